The summed E-state index contributed by atoms with van der Waals surface area (Å²) >= 11 is 0. The van der Waals surface area contributed by atoms with Gasteiger partial charge >= 0.3 is 5.97 Å². The van der Waals surface area contributed by atoms with Gasteiger partial charge in [0.15, 0.2) is 0 Å². The molecule has 0 aromatic carbocycles. The first-order chi connectivity index (χ1) is 10.2. The number of amides is 1. The Hall–Kier alpha value is -2.11. The minimum atomic E-state index is -1.08. The van der Waals surface area contributed by atoms with Crippen LogP contribution in [0.2, 0.25) is 0 Å². The monoisotopic (exact) mass is 308 g/mol. The van der Waals surface area contributed by atoms with E-state index in [1.807, 2.05) is 13.8 Å². The molecule has 0 aliphatic heterocycles. The molecule has 0 fully saturated rings. The number of hydrogen-bond donors (Lipinski definition) is 2. The summed E-state index contributed by atoms with van der Waals surface area (Å²) in [5, 5.41) is 11.7. The number of nitrogens with one attached hydrogen (secondary N) is 1. The maximum atomic E-state index is 12.5. The van der Waals surface area contributed by atoms with Crippen molar-refractivity contribution in [2.75, 3.05) is 0 Å². The van der Waals surface area contributed by atoms with Crippen LogP contribution in [0.1, 0.15) is 39.3 Å². The van der Waals surface area contributed by atoms with Gasteiger partial charge in [0, 0.05) is 11.8 Å². The molecule has 6 nitrogen and oxygen atoms in total. The first kappa shape index (κ1) is 17.9. The number of carboxylic acids is 1. The van der Waals surface area contributed by atoms with Gasteiger partial charge in [-0.25, -0.2) is 4.79 Å². The van der Waals surface area contributed by atoms with E-state index in [-0.39, 0.29) is 17.4 Å². The highest BCUT2D eigenvalue weighted by Gasteiger charge is 2.30. The maximum Gasteiger partial charge on any atom is 0.326 e. The van der Waals surface area contributed by atoms with Gasteiger partial charge in [0.1, 0.15) is 12.1 Å². The molecule has 22 heavy (non-hydrogen) atoms. The normalized spacial score (nSPS) is 14.0. The number of carboxylic acid groups (broad SMARTS) is 1. The summed E-state index contributed by atoms with van der Waals surface area (Å²) < 4.78 is 1.37. The molecular formula is C16H24N2O4. The lowest BCUT2D eigenvalue weighted by Gasteiger charge is -2.26. The Morgan fingerprint density at radius 3 is 2.23 bits per heavy atom. The van der Waals surface area contributed by atoms with Crippen LogP contribution < -0.4 is 10.9 Å². The Labute approximate surface area is 130 Å². The number of rotatable bonds is 6. The summed E-state index contributed by atoms with van der Waals surface area (Å²) in [6.07, 6.45) is 1.56. The van der Waals surface area contributed by atoms with E-state index < -0.39 is 24.0 Å². The SMILES string of the molecule is Cc1cccn(C(C(=O)NC(C(=O)O)C(C)C)C(C)C)c1=O. The Morgan fingerprint density at radius 2 is 1.77 bits per heavy atom. The average molecular weight is 308 g/mol. The van der Waals surface area contributed by atoms with Gasteiger partial charge in [-0.3, -0.25) is 9.59 Å². The summed E-state index contributed by atoms with van der Waals surface area (Å²) in [6, 6.07) is 1.67. The molecule has 0 spiro atoms. The Balaban J connectivity index is 3.16. The van der Waals surface area contributed by atoms with E-state index in [0.717, 1.165) is 0 Å². The van der Waals surface area contributed by atoms with Gasteiger partial charge in [-0.2, -0.15) is 0 Å². The quantitative estimate of drug-likeness (QED) is 0.835. The van der Waals surface area contributed by atoms with Crippen LogP contribution in [0.5, 0.6) is 0 Å². The first-order valence-corrected chi connectivity index (χ1v) is 7.37. The van der Waals surface area contributed by atoms with Gasteiger partial charge in [-0.15, -0.1) is 0 Å². The van der Waals surface area contributed by atoms with Gasteiger partial charge in [0.2, 0.25) is 5.91 Å². The molecule has 0 radical (unpaired) electrons. The van der Waals surface area contributed by atoms with Gasteiger partial charge in [0.05, 0.1) is 0 Å². The Kier molecular flexibility index (Phi) is 5.91. The van der Waals surface area contributed by atoms with Crippen molar-refractivity contribution in [3.8, 4) is 0 Å². The van der Waals surface area contributed by atoms with E-state index in [9.17, 15) is 19.5 Å². The van der Waals surface area contributed by atoms with Crippen LogP contribution in [0, 0.1) is 18.8 Å². The minimum absolute atomic E-state index is 0.152. The molecule has 0 bridgehead atoms. The number of aromatic nitrogens is 1. The zero-order valence-electron chi connectivity index (χ0n) is 13.7. The zero-order chi connectivity index (χ0) is 17.0. The highest BCUT2D eigenvalue weighted by atomic mass is 16.4. The molecule has 0 aliphatic rings. The Bertz CT molecular complexity index is 604. The molecule has 1 aromatic rings. The van der Waals surface area contributed by atoms with Crippen LogP contribution in [0.15, 0.2) is 23.1 Å². The van der Waals surface area contributed by atoms with Crippen LogP contribution >= 0.6 is 0 Å². The Morgan fingerprint density at radius 1 is 1.18 bits per heavy atom. The minimum Gasteiger partial charge on any atom is -0.480 e. The van der Waals surface area contributed by atoms with Crippen molar-refractivity contribution >= 4 is 11.9 Å². The van der Waals surface area contributed by atoms with E-state index in [0.29, 0.717) is 5.56 Å². The third kappa shape index (κ3) is 3.96. The molecule has 6 heteroatoms. The number of pyridine rings is 1. The predicted molar refractivity (Wildman–Crippen MR) is 83.7 cm³/mol. The summed E-state index contributed by atoms with van der Waals surface area (Å²) in [6.45, 7) is 8.78. The van der Waals surface area contributed by atoms with Crippen LogP contribution in [-0.4, -0.2) is 27.6 Å². The van der Waals surface area contributed by atoms with Gasteiger partial charge in [-0.1, -0.05) is 33.8 Å². The number of carbonyl (C=O) groups excluding carboxylic acids is 1. The molecule has 2 N–H and O–H groups in total. The fourth-order valence-electron chi connectivity index (χ4n) is 2.34. The number of aryl methyl sites for hydroxylation is 1. The predicted octanol–water partition coefficient (Wildman–Crippen LogP) is 1.58. The van der Waals surface area contributed by atoms with Crippen molar-refractivity contribution in [1.82, 2.24) is 9.88 Å². The highest BCUT2D eigenvalue weighted by Crippen LogP contribution is 2.17. The fraction of sp³-hybridized carbons (Fsp3) is 0.562. The number of nitrogens with zero attached hydrogens (tertiary/aromatic N) is 1. The maximum absolute atomic E-state index is 12.5. The molecule has 2 unspecified atom stereocenters. The molecule has 0 saturated heterocycles. The van der Waals surface area contributed by atoms with Gasteiger partial charge in [-0.05, 0) is 24.8 Å². The molecule has 1 aromatic heterocycles. The van der Waals surface area contributed by atoms with E-state index in [1.54, 1.807) is 39.1 Å². The highest BCUT2D eigenvalue weighted by molar-refractivity contribution is 5.86. The topological polar surface area (TPSA) is 88.4 Å². The molecular weight excluding hydrogens is 284 g/mol. The largest absolute Gasteiger partial charge is 0.480 e. The molecule has 1 amide bonds. The second-order valence-electron chi connectivity index (χ2n) is 6.16. The first-order valence-electron chi connectivity index (χ1n) is 7.37. The summed E-state index contributed by atoms with van der Waals surface area (Å²) in [4.78, 5) is 36.0. The van der Waals surface area contributed by atoms with Crippen molar-refractivity contribution in [3.05, 3.63) is 34.2 Å². The number of aliphatic carboxylic acids is 1. The van der Waals surface area contributed by atoms with E-state index in [1.165, 1.54) is 4.57 Å². The van der Waals surface area contributed by atoms with Crippen LogP contribution in [0.25, 0.3) is 0 Å². The molecule has 0 saturated carbocycles. The molecule has 1 heterocycles. The van der Waals surface area contributed by atoms with Crippen molar-refractivity contribution in [2.24, 2.45) is 11.8 Å². The number of carbonyl (C=O) groups is 2. The van der Waals surface area contributed by atoms with E-state index in [2.05, 4.69) is 5.32 Å². The molecule has 1 rings (SSSR count). The fourth-order valence-corrected chi connectivity index (χ4v) is 2.34. The average Bonchev–Trinajstić information content (AvgIpc) is 2.40. The lowest BCUT2D eigenvalue weighted by atomic mass is 10.00. The molecule has 122 valence electrons. The third-order valence-corrected chi connectivity index (χ3v) is 3.60. The standard InChI is InChI=1S/C16H24N2O4/c1-9(2)12(16(21)22)17-14(19)13(10(3)4)18-8-6-7-11(5)15(18)20/h6-10,12-13H,1-5H3,(H,17,19)(H,21,22). The van der Waals surface area contributed by atoms with Crippen LogP contribution in [0.3, 0.4) is 0 Å². The van der Waals surface area contributed by atoms with Crippen LogP contribution in [-0.2, 0) is 9.59 Å². The van der Waals surface area contributed by atoms with Gasteiger partial charge < -0.3 is 15.0 Å². The lowest BCUT2D eigenvalue weighted by molar-refractivity contribution is -0.143. The lowest BCUT2D eigenvalue weighted by Crippen LogP contribution is -2.49. The summed E-state index contributed by atoms with van der Waals surface area (Å²) in [7, 11) is 0. The van der Waals surface area contributed by atoms with Crippen molar-refractivity contribution < 1.29 is 14.7 Å². The third-order valence-electron chi connectivity index (χ3n) is 3.60. The number of hydrogen-bond acceptors (Lipinski definition) is 3. The van der Waals surface area contributed by atoms with E-state index >= 15 is 0 Å². The van der Waals surface area contributed by atoms with Crippen molar-refractivity contribution in [2.45, 2.75) is 46.7 Å². The van der Waals surface area contributed by atoms with Crippen molar-refractivity contribution in [1.29, 1.82) is 0 Å². The van der Waals surface area contributed by atoms with E-state index in [4.69, 9.17) is 0 Å². The summed E-state index contributed by atoms with van der Waals surface area (Å²) in [5.41, 5.74) is 0.298. The van der Waals surface area contributed by atoms with Crippen LogP contribution in [0.4, 0.5) is 0 Å². The molecule has 0 aliphatic carbocycles. The second-order valence-corrected chi connectivity index (χ2v) is 6.16. The summed E-state index contributed by atoms with van der Waals surface area (Å²) in [5.74, 6) is -1.93. The van der Waals surface area contributed by atoms with Gasteiger partial charge in [0.25, 0.3) is 5.56 Å². The smallest absolute Gasteiger partial charge is 0.326 e. The molecule has 2 atom stereocenters. The van der Waals surface area contributed by atoms with Crippen molar-refractivity contribution in [3.63, 3.8) is 0 Å². The zero-order valence-corrected chi connectivity index (χ0v) is 13.7. The second kappa shape index (κ2) is 7.24.